The van der Waals surface area contributed by atoms with Crippen molar-refractivity contribution in [3.8, 4) is 0 Å². The molecule has 2 aromatic rings. The molecule has 0 fully saturated rings. The van der Waals surface area contributed by atoms with E-state index in [0.29, 0.717) is 17.9 Å². The quantitative estimate of drug-likeness (QED) is 0.814. The molecule has 0 aliphatic heterocycles. The first kappa shape index (κ1) is 16.0. The van der Waals surface area contributed by atoms with Crippen LogP contribution < -0.4 is 11.1 Å². The molecule has 2 amide bonds. The SMILES string of the molecule is CCC(C)C(NC(=O)CCc1nc2ccccc2o1)C(N)=O. The van der Waals surface area contributed by atoms with Crippen LogP contribution in [0.3, 0.4) is 0 Å². The lowest BCUT2D eigenvalue weighted by molar-refractivity contribution is -0.128. The van der Waals surface area contributed by atoms with Crippen LogP contribution in [0.25, 0.3) is 11.1 Å². The van der Waals surface area contributed by atoms with E-state index in [4.69, 9.17) is 10.2 Å². The number of para-hydroxylation sites is 2. The van der Waals surface area contributed by atoms with Gasteiger partial charge >= 0.3 is 0 Å². The van der Waals surface area contributed by atoms with E-state index in [-0.39, 0.29) is 18.2 Å². The van der Waals surface area contributed by atoms with E-state index in [1.165, 1.54) is 0 Å². The minimum absolute atomic E-state index is 0.00535. The molecule has 118 valence electrons. The second-order valence-electron chi connectivity index (χ2n) is 5.41. The van der Waals surface area contributed by atoms with Crippen LogP contribution in [0.5, 0.6) is 0 Å². The number of primary amides is 1. The number of fused-ring (bicyclic) bond motifs is 1. The summed E-state index contributed by atoms with van der Waals surface area (Å²) in [4.78, 5) is 27.7. The molecule has 1 aromatic carbocycles. The lowest BCUT2D eigenvalue weighted by Gasteiger charge is -2.20. The van der Waals surface area contributed by atoms with Gasteiger partial charge in [-0.3, -0.25) is 9.59 Å². The molecule has 1 aromatic heterocycles. The summed E-state index contributed by atoms with van der Waals surface area (Å²) in [7, 11) is 0. The van der Waals surface area contributed by atoms with Crippen LogP contribution in [0.4, 0.5) is 0 Å². The summed E-state index contributed by atoms with van der Waals surface area (Å²) >= 11 is 0. The normalized spacial score (nSPS) is 13.7. The number of nitrogens with zero attached hydrogens (tertiary/aromatic N) is 1. The molecule has 2 atom stereocenters. The van der Waals surface area contributed by atoms with Crippen molar-refractivity contribution < 1.29 is 14.0 Å². The van der Waals surface area contributed by atoms with Gasteiger partial charge in [0.05, 0.1) is 0 Å². The molecule has 22 heavy (non-hydrogen) atoms. The van der Waals surface area contributed by atoms with Crippen molar-refractivity contribution in [1.82, 2.24) is 10.3 Å². The Labute approximate surface area is 129 Å². The number of nitrogens with one attached hydrogen (secondary N) is 1. The number of hydrogen-bond acceptors (Lipinski definition) is 4. The van der Waals surface area contributed by atoms with E-state index in [1.54, 1.807) is 0 Å². The van der Waals surface area contributed by atoms with Gasteiger partial charge in [0.25, 0.3) is 0 Å². The Morgan fingerprint density at radius 3 is 2.73 bits per heavy atom. The van der Waals surface area contributed by atoms with E-state index in [0.717, 1.165) is 11.9 Å². The van der Waals surface area contributed by atoms with Gasteiger partial charge in [-0.15, -0.1) is 0 Å². The van der Waals surface area contributed by atoms with Crippen LogP contribution in [0, 0.1) is 5.92 Å². The van der Waals surface area contributed by atoms with Crippen molar-refractivity contribution in [1.29, 1.82) is 0 Å². The fourth-order valence-electron chi connectivity index (χ4n) is 2.22. The summed E-state index contributed by atoms with van der Waals surface area (Å²) in [5, 5.41) is 2.69. The number of rotatable bonds is 7. The maximum Gasteiger partial charge on any atom is 0.240 e. The average molecular weight is 303 g/mol. The van der Waals surface area contributed by atoms with Crippen molar-refractivity contribution >= 4 is 22.9 Å². The first-order valence-corrected chi connectivity index (χ1v) is 7.44. The molecule has 6 nitrogen and oxygen atoms in total. The van der Waals surface area contributed by atoms with Gasteiger partial charge < -0.3 is 15.5 Å². The third kappa shape index (κ3) is 3.84. The zero-order valence-electron chi connectivity index (χ0n) is 12.8. The smallest absolute Gasteiger partial charge is 0.240 e. The van der Waals surface area contributed by atoms with Gasteiger partial charge in [0, 0.05) is 12.8 Å². The molecular formula is C16H21N3O3. The number of aryl methyl sites for hydroxylation is 1. The molecule has 2 rings (SSSR count). The van der Waals surface area contributed by atoms with E-state index in [1.807, 2.05) is 38.1 Å². The number of aromatic nitrogens is 1. The molecule has 1 heterocycles. The fourth-order valence-corrected chi connectivity index (χ4v) is 2.22. The van der Waals surface area contributed by atoms with Crippen LogP contribution in [0.2, 0.25) is 0 Å². The van der Waals surface area contributed by atoms with Crippen LogP contribution in [0.1, 0.15) is 32.6 Å². The number of carbonyl (C=O) groups excluding carboxylic acids is 2. The Bertz CT molecular complexity index is 632. The molecule has 0 aliphatic carbocycles. The Hall–Kier alpha value is -2.37. The van der Waals surface area contributed by atoms with Crippen molar-refractivity contribution in [3.05, 3.63) is 30.2 Å². The summed E-state index contributed by atoms with van der Waals surface area (Å²) < 4.78 is 5.56. The largest absolute Gasteiger partial charge is 0.441 e. The van der Waals surface area contributed by atoms with Crippen LogP contribution in [0.15, 0.2) is 28.7 Å². The highest BCUT2D eigenvalue weighted by Crippen LogP contribution is 2.15. The van der Waals surface area contributed by atoms with Gasteiger partial charge in [0.15, 0.2) is 11.5 Å². The standard InChI is InChI=1S/C16H21N3O3/c1-3-10(2)15(16(17)21)19-13(20)8-9-14-18-11-6-4-5-7-12(11)22-14/h4-7,10,15H,3,8-9H2,1-2H3,(H2,17,21)(H,19,20). The highest BCUT2D eigenvalue weighted by atomic mass is 16.3. The Morgan fingerprint density at radius 1 is 1.36 bits per heavy atom. The molecule has 0 saturated heterocycles. The minimum atomic E-state index is -0.638. The highest BCUT2D eigenvalue weighted by Gasteiger charge is 2.23. The number of oxazole rings is 1. The number of carbonyl (C=O) groups is 2. The van der Waals surface area contributed by atoms with Gasteiger partial charge in [-0.25, -0.2) is 4.98 Å². The average Bonchev–Trinajstić information content (AvgIpc) is 2.92. The summed E-state index contributed by atoms with van der Waals surface area (Å²) in [6.07, 6.45) is 1.35. The third-order valence-electron chi connectivity index (χ3n) is 3.74. The summed E-state index contributed by atoms with van der Waals surface area (Å²) in [6.45, 7) is 3.83. The zero-order chi connectivity index (χ0) is 16.1. The van der Waals surface area contributed by atoms with Gasteiger partial charge in [0.1, 0.15) is 11.6 Å². The van der Waals surface area contributed by atoms with Crippen molar-refractivity contribution in [2.45, 2.75) is 39.2 Å². The molecule has 0 bridgehead atoms. The van der Waals surface area contributed by atoms with Crippen molar-refractivity contribution in [3.63, 3.8) is 0 Å². The third-order valence-corrected chi connectivity index (χ3v) is 3.74. The number of nitrogens with two attached hydrogens (primary N) is 1. The molecule has 6 heteroatoms. The van der Waals surface area contributed by atoms with Gasteiger partial charge in [-0.2, -0.15) is 0 Å². The van der Waals surface area contributed by atoms with Crippen LogP contribution in [-0.4, -0.2) is 22.8 Å². The predicted molar refractivity (Wildman–Crippen MR) is 82.9 cm³/mol. The lowest BCUT2D eigenvalue weighted by atomic mass is 9.98. The van der Waals surface area contributed by atoms with E-state index >= 15 is 0 Å². The maximum atomic E-state index is 12.0. The summed E-state index contributed by atoms with van der Waals surface area (Å²) in [5.74, 6) is -0.225. The molecule has 0 saturated carbocycles. The summed E-state index contributed by atoms with van der Waals surface area (Å²) in [6, 6.07) is 6.80. The van der Waals surface area contributed by atoms with Gasteiger partial charge in [0.2, 0.25) is 11.8 Å². The van der Waals surface area contributed by atoms with Crippen molar-refractivity contribution in [2.75, 3.05) is 0 Å². The topological polar surface area (TPSA) is 98.2 Å². The van der Waals surface area contributed by atoms with Gasteiger partial charge in [-0.05, 0) is 18.1 Å². The fraction of sp³-hybridized carbons (Fsp3) is 0.438. The molecule has 0 radical (unpaired) electrons. The van der Waals surface area contributed by atoms with Gasteiger partial charge in [-0.1, -0.05) is 32.4 Å². The first-order valence-electron chi connectivity index (χ1n) is 7.44. The highest BCUT2D eigenvalue weighted by molar-refractivity contribution is 5.86. The van der Waals surface area contributed by atoms with Crippen molar-refractivity contribution in [2.24, 2.45) is 11.7 Å². The molecule has 3 N–H and O–H groups in total. The Morgan fingerprint density at radius 2 is 2.09 bits per heavy atom. The summed E-state index contributed by atoms with van der Waals surface area (Å²) in [5.41, 5.74) is 6.81. The lowest BCUT2D eigenvalue weighted by Crippen LogP contribution is -2.48. The molecule has 2 unspecified atom stereocenters. The minimum Gasteiger partial charge on any atom is -0.441 e. The molecule has 0 aliphatic rings. The Kier molecular flexibility index (Phi) is 5.14. The second kappa shape index (κ2) is 7.06. The number of benzene rings is 1. The predicted octanol–water partition coefficient (Wildman–Crippen LogP) is 1.78. The number of hydrogen-bond donors (Lipinski definition) is 2. The second-order valence-corrected chi connectivity index (χ2v) is 5.41. The Balaban J connectivity index is 1.93. The number of amides is 2. The van der Waals surface area contributed by atoms with E-state index < -0.39 is 11.9 Å². The monoisotopic (exact) mass is 303 g/mol. The van der Waals surface area contributed by atoms with E-state index in [9.17, 15) is 9.59 Å². The zero-order valence-corrected chi connectivity index (χ0v) is 12.8. The van der Waals surface area contributed by atoms with Crippen LogP contribution >= 0.6 is 0 Å². The van der Waals surface area contributed by atoms with Crippen LogP contribution in [-0.2, 0) is 16.0 Å². The molecule has 0 spiro atoms. The van der Waals surface area contributed by atoms with E-state index in [2.05, 4.69) is 10.3 Å². The maximum absolute atomic E-state index is 12.0. The first-order chi connectivity index (χ1) is 10.5. The molecular weight excluding hydrogens is 282 g/mol.